The summed E-state index contributed by atoms with van der Waals surface area (Å²) < 4.78 is 0. The molecule has 18 heavy (non-hydrogen) atoms. The highest BCUT2D eigenvalue weighted by Gasteiger charge is 2.21. The van der Waals surface area contributed by atoms with Gasteiger partial charge in [-0.1, -0.05) is 20.8 Å². The minimum Gasteiger partial charge on any atom is -0.480 e. The summed E-state index contributed by atoms with van der Waals surface area (Å²) in [4.78, 5) is 22.6. The second-order valence-corrected chi connectivity index (χ2v) is 4.65. The topological polar surface area (TPSA) is 78.4 Å². The number of carboxylic acid groups (broad SMARTS) is 1. The molecule has 5 nitrogen and oxygen atoms in total. The third-order valence-corrected chi connectivity index (χ3v) is 2.50. The Hall–Kier alpha value is -1.70. The van der Waals surface area contributed by atoms with Crippen LogP contribution in [0.15, 0.2) is 0 Å². The van der Waals surface area contributed by atoms with Gasteiger partial charge >= 0.3 is 12.0 Å². The minimum atomic E-state index is -1.02. The average Bonchev–Trinajstić information content (AvgIpc) is 2.26. The van der Waals surface area contributed by atoms with Crippen molar-refractivity contribution in [3.05, 3.63) is 0 Å². The highest BCUT2D eigenvalue weighted by atomic mass is 16.4. The predicted molar refractivity (Wildman–Crippen MR) is 70.1 cm³/mol. The van der Waals surface area contributed by atoms with E-state index in [0.29, 0.717) is 19.3 Å². The summed E-state index contributed by atoms with van der Waals surface area (Å²) in [5.74, 6) is 1.64. The summed E-state index contributed by atoms with van der Waals surface area (Å²) in [6.07, 6.45) is 6.72. The first-order valence-corrected chi connectivity index (χ1v) is 6.13. The van der Waals surface area contributed by atoms with E-state index in [9.17, 15) is 9.59 Å². The summed E-state index contributed by atoms with van der Waals surface area (Å²) in [6, 6.07) is -1.47. The minimum absolute atomic E-state index is 0.122. The number of carbonyl (C=O) groups is 2. The summed E-state index contributed by atoms with van der Waals surface area (Å²) in [6.45, 7) is 5.72. The molecule has 0 saturated carbocycles. The number of rotatable bonds is 7. The smallest absolute Gasteiger partial charge is 0.326 e. The third-order valence-electron chi connectivity index (χ3n) is 2.50. The fraction of sp³-hybridized carbons (Fsp3) is 0.692. The van der Waals surface area contributed by atoms with Gasteiger partial charge in [-0.25, -0.2) is 9.59 Å². The number of carbonyl (C=O) groups excluding carboxylic acids is 1. The normalized spacial score (nSPS) is 13.5. The largest absolute Gasteiger partial charge is 0.480 e. The lowest BCUT2D eigenvalue weighted by Crippen LogP contribution is -2.49. The van der Waals surface area contributed by atoms with Crippen molar-refractivity contribution in [1.82, 2.24) is 10.6 Å². The maximum absolute atomic E-state index is 11.6. The SMILES string of the molecule is C#CCC(CC)NC(=O)NC(CC(C)C)C(=O)O. The number of carboxylic acids is 1. The van der Waals surface area contributed by atoms with Crippen LogP contribution in [0.25, 0.3) is 0 Å². The number of hydrogen-bond acceptors (Lipinski definition) is 2. The van der Waals surface area contributed by atoms with Crippen LogP contribution in [0.3, 0.4) is 0 Å². The highest BCUT2D eigenvalue weighted by molar-refractivity contribution is 5.82. The van der Waals surface area contributed by atoms with Crippen molar-refractivity contribution in [3.8, 4) is 12.3 Å². The first-order valence-electron chi connectivity index (χ1n) is 6.13. The van der Waals surface area contributed by atoms with Gasteiger partial charge in [-0.05, 0) is 18.8 Å². The van der Waals surface area contributed by atoms with Crippen LogP contribution in [0.4, 0.5) is 4.79 Å². The zero-order valence-corrected chi connectivity index (χ0v) is 11.2. The van der Waals surface area contributed by atoms with Crippen molar-refractivity contribution < 1.29 is 14.7 Å². The number of amides is 2. The third kappa shape index (κ3) is 6.79. The maximum Gasteiger partial charge on any atom is 0.326 e. The molecule has 0 bridgehead atoms. The molecule has 0 fully saturated rings. The van der Waals surface area contributed by atoms with Crippen molar-refractivity contribution in [3.63, 3.8) is 0 Å². The van der Waals surface area contributed by atoms with Crippen LogP contribution in [-0.4, -0.2) is 29.2 Å². The molecule has 2 atom stereocenters. The van der Waals surface area contributed by atoms with Crippen LogP contribution in [0.1, 0.15) is 40.0 Å². The molecule has 3 N–H and O–H groups in total. The number of aliphatic carboxylic acids is 1. The van der Waals surface area contributed by atoms with Crippen molar-refractivity contribution in [2.45, 2.75) is 52.1 Å². The predicted octanol–water partition coefficient (Wildman–Crippen LogP) is 1.59. The Morgan fingerprint density at radius 2 is 1.94 bits per heavy atom. The number of nitrogens with one attached hydrogen (secondary N) is 2. The van der Waals surface area contributed by atoms with Crippen LogP contribution < -0.4 is 10.6 Å². The quantitative estimate of drug-likeness (QED) is 0.604. The lowest BCUT2D eigenvalue weighted by atomic mass is 10.0. The van der Waals surface area contributed by atoms with E-state index >= 15 is 0 Å². The Bertz CT molecular complexity index is 321. The maximum atomic E-state index is 11.6. The van der Waals surface area contributed by atoms with E-state index in [-0.39, 0.29) is 12.0 Å². The van der Waals surface area contributed by atoms with Gasteiger partial charge in [0.05, 0.1) is 0 Å². The second kappa shape index (κ2) is 8.40. The van der Waals surface area contributed by atoms with Gasteiger partial charge in [-0.3, -0.25) is 0 Å². The van der Waals surface area contributed by atoms with Gasteiger partial charge in [-0.2, -0.15) is 0 Å². The van der Waals surface area contributed by atoms with E-state index in [4.69, 9.17) is 11.5 Å². The summed E-state index contributed by atoms with van der Waals surface area (Å²) in [5, 5.41) is 14.1. The Labute approximate surface area is 108 Å². The van der Waals surface area contributed by atoms with Gasteiger partial charge < -0.3 is 15.7 Å². The monoisotopic (exact) mass is 254 g/mol. The van der Waals surface area contributed by atoms with Gasteiger partial charge in [0, 0.05) is 12.5 Å². The van der Waals surface area contributed by atoms with Gasteiger partial charge in [0.15, 0.2) is 0 Å². The molecular formula is C13H22N2O3. The molecule has 0 spiro atoms. The average molecular weight is 254 g/mol. The Morgan fingerprint density at radius 1 is 1.33 bits per heavy atom. The Morgan fingerprint density at radius 3 is 2.33 bits per heavy atom. The fourth-order valence-corrected chi connectivity index (χ4v) is 1.52. The van der Waals surface area contributed by atoms with Crippen molar-refractivity contribution in [2.24, 2.45) is 5.92 Å². The number of hydrogen-bond donors (Lipinski definition) is 3. The van der Waals surface area contributed by atoms with E-state index in [0.717, 1.165) is 0 Å². The van der Waals surface area contributed by atoms with E-state index in [1.807, 2.05) is 20.8 Å². The molecule has 0 rings (SSSR count). The van der Waals surface area contributed by atoms with Crippen LogP contribution >= 0.6 is 0 Å². The molecule has 0 aromatic carbocycles. The van der Waals surface area contributed by atoms with Gasteiger partial charge in [0.1, 0.15) is 6.04 Å². The molecule has 0 heterocycles. The molecule has 102 valence electrons. The summed E-state index contributed by atoms with van der Waals surface area (Å²) in [5.41, 5.74) is 0. The molecule has 0 aliphatic carbocycles. The molecular weight excluding hydrogens is 232 g/mol. The zero-order valence-electron chi connectivity index (χ0n) is 11.2. The van der Waals surface area contributed by atoms with E-state index in [1.54, 1.807) is 0 Å². The van der Waals surface area contributed by atoms with E-state index < -0.39 is 18.0 Å². The summed E-state index contributed by atoms with van der Waals surface area (Å²) >= 11 is 0. The van der Waals surface area contributed by atoms with E-state index in [2.05, 4.69) is 16.6 Å². The molecule has 5 heteroatoms. The van der Waals surface area contributed by atoms with Crippen LogP contribution in [0.5, 0.6) is 0 Å². The summed E-state index contributed by atoms with van der Waals surface area (Å²) in [7, 11) is 0. The van der Waals surface area contributed by atoms with E-state index in [1.165, 1.54) is 0 Å². The van der Waals surface area contributed by atoms with Crippen molar-refractivity contribution in [2.75, 3.05) is 0 Å². The molecule has 0 aromatic rings. The Kier molecular flexibility index (Phi) is 7.61. The number of terminal acetylenes is 1. The second-order valence-electron chi connectivity index (χ2n) is 4.65. The molecule has 0 radical (unpaired) electrons. The highest BCUT2D eigenvalue weighted by Crippen LogP contribution is 2.05. The molecule has 0 aliphatic heterocycles. The first kappa shape index (κ1) is 16.3. The molecule has 0 aromatic heterocycles. The first-order chi connectivity index (χ1) is 8.40. The van der Waals surface area contributed by atoms with Crippen LogP contribution in [0, 0.1) is 18.3 Å². The number of urea groups is 1. The van der Waals surface area contributed by atoms with Crippen molar-refractivity contribution >= 4 is 12.0 Å². The fourth-order valence-electron chi connectivity index (χ4n) is 1.52. The lowest BCUT2D eigenvalue weighted by molar-refractivity contribution is -0.139. The molecule has 0 saturated heterocycles. The molecule has 2 unspecified atom stereocenters. The van der Waals surface area contributed by atoms with Gasteiger partial charge in [0.25, 0.3) is 0 Å². The molecule has 2 amide bonds. The standard InChI is InChI=1S/C13H22N2O3/c1-5-7-10(6-2)14-13(18)15-11(12(16)17)8-9(3)4/h1,9-11H,6-8H2,2-4H3,(H,16,17)(H2,14,15,18). The van der Waals surface area contributed by atoms with Crippen LogP contribution in [0.2, 0.25) is 0 Å². The van der Waals surface area contributed by atoms with Gasteiger partial charge in [-0.15, -0.1) is 12.3 Å². The van der Waals surface area contributed by atoms with Gasteiger partial charge in [0.2, 0.25) is 0 Å². The Balaban J connectivity index is 4.33. The van der Waals surface area contributed by atoms with Crippen LogP contribution in [-0.2, 0) is 4.79 Å². The zero-order chi connectivity index (χ0) is 14.1. The molecule has 0 aliphatic rings. The lowest BCUT2D eigenvalue weighted by Gasteiger charge is -2.19. The van der Waals surface area contributed by atoms with Crippen molar-refractivity contribution in [1.29, 1.82) is 0 Å².